The quantitative estimate of drug-likeness (QED) is 0.265. The molecule has 0 unspecified atom stereocenters. The van der Waals surface area contributed by atoms with E-state index in [9.17, 15) is 20.1 Å². The van der Waals surface area contributed by atoms with Crippen LogP contribution in [0.25, 0.3) is 0 Å². The van der Waals surface area contributed by atoms with Crippen LogP contribution in [0.2, 0.25) is 0 Å². The molecule has 3 N–H and O–H groups in total. The number of methoxy groups -OCH3 is 1. The molecule has 1 aromatic rings. The Bertz CT molecular complexity index is 875. The molecule has 0 bridgehead atoms. The summed E-state index contributed by atoms with van der Waals surface area (Å²) in [6.45, 7) is 11.4. The minimum absolute atomic E-state index is 0.104. The number of rotatable bonds is 13. The lowest BCUT2D eigenvalue weighted by Gasteiger charge is -2.16. The van der Waals surface area contributed by atoms with Gasteiger partial charge in [0.1, 0.15) is 17.6 Å². The van der Waals surface area contributed by atoms with Crippen LogP contribution in [0.15, 0.2) is 47.1 Å². The van der Waals surface area contributed by atoms with Crippen molar-refractivity contribution in [2.24, 2.45) is 5.92 Å². The standard InChI is InChI=1S/C28H42O5/c1-18(2)13-26(30)28(32)21(5)10-8-9-19(3)14-24(29)15-20(4)11-12-23-17-25(33-7)16-22(6)27(23)31/h11,13-14,16-17,21,24,28-29,31-32H,8-10,12,15H2,1-7H3/t21-,24-,28+/m0/s1. The van der Waals surface area contributed by atoms with Crippen molar-refractivity contribution in [2.45, 2.75) is 85.9 Å². The van der Waals surface area contributed by atoms with E-state index in [0.29, 0.717) is 18.6 Å². The van der Waals surface area contributed by atoms with Gasteiger partial charge in [0.2, 0.25) is 0 Å². The van der Waals surface area contributed by atoms with Crippen LogP contribution >= 0.6 is 0 Å². The van der Waals surface area contributed by atoms with Crippen LogP contribution in [0.4, 0.5) is 0 Å². The van der Waals surface area contributed by atoms with E-state index in [2.05, 4.69) is 0 Å². The third-order valence-corrected chi connectivity index (χ3v) is 5.76. The number of aliphatic hydroxyl groups excluding tert-OH is 2. The van der Waals surface area contributed by atoms with E-state index in [1.54, 1.807) is 13.2 Å². The van der Waals surface area contributed by atoms with Gasteiger partial charge in [0.05, 0.1) is 13.2 Å². The molecule has 3 atom stereocenters. The number of hydrogen-bond acceptors (Lipinski definition) is 5. The first-order valence-corrected chi connectivity index (χ1v) is 11.7. The second-order valence-electron chi connectivity index (χ2n) is 9.43. The summed E-state index contributed by atoms with van der Waals surface area (Å²) in [4.78, 5) is 12.0. The van der Waals surface area contributed by atoms with Gasteiger partial charge in [-0.2, -0.15) is 0 Å². The predicted octanol–water partition coefficient (Wildman–Crippen LogP) is 5.60. The summed E-state index contributed by atoms with van der Waals surface area (Å²) in [7, 11) is 1.61. The summed E-state index contributed by atoms with van der Waals surface area (Å²) in [5.41, 5.74) is 4.59. The first kappa shape index (κ1) is 28.7. The van der Waals surface area contributed by atoms with E-state index >= 15 is 0 Å². The molecule has 0 aliphatic carbocycles. The van der Waals surface area contributed by atoms with Gasteiger partial charge in [0, 0.05) is 5.56 Å². The van der Waals surface area contributed by atoms with Crippen molar-refractivity contribution in [3.8, 4) is 11.5 Å². The zero-order valence-corrected chi connectivity index (χ0v) is 21.3. The molecule has 5 heteroatoms. The summed E-state index contributed by atoms with van der Waals surface area (Å²) in [6, 6.07) is 3.63. The normalized spacial score (nSPS) is 15.1. The highest BCUT2D eigenvalue weighted by atomic mass is 16.5. The molecule has 0 radical (unpaired) electrons. The van der Waals surface area contributed by atoms with E-state index in [1.165, 1.54) is 6.08 Å². The van der Waals surface area contributed by atoms with Gasteiger partial charge in [-0.05, 0) is 96.4 Å². The molecule has 1 aromatic carbocycles. The number of benzene rings is 1. The van der Waals surface area contributed by atoms with Gasteiger partial charge in [-0.15, -0.1) is 0 Å². The molecule has 0 aromatic heterocycles. The van der Waals surface area contributed by atoms with Gasteiger partial charge >= 0.3 is 0 Å². The van der Waals surface area contributed by atoms with E-state index in [4.69, 9.17) is 4.74 Å². The van der Waals surface area contributed by atoms with Crippen molar-refractivity contribution >= 4 is 5.78 Å². The number of allylic oxidation sites excluding steroid dienone is 3. The van der Waals surface area contributed by atoms with Gasteiger partial charge in [-0.25, -0.2) is 0 Å². The maximum Gasteiger partial charge on any atom is 0.184 e. The zero-order chi connectivity index (χ0) is 25.1. The van der Waals surface area contributed by atoms with Crippen LogP contribution in [0, 0.1) is 12.8 Å². The molecule has 0 amide bonds. The zero-order valence-electron chi connectivity index (χ0n) is 21.3. The lowest BCUT2D eigenvalue weighted by molar-refractivity contribution is -0.124. The van der Waals surface area contributed by atoms with E-state index in [0.717, 1.165) is 47.1 Å². The minimum Gasteiger partial charge on any atom is -0.507 e. The van der Waals surface area contributed by atoms with Crippen molar-refractivity contribution in [3.05, 3.63) is 58.2 Å². The summed E-state index contributed by atoms with van der Waals surface area (Å²) < 4.78 is 5.28. The summed E-state index contributed by atoms with van der Waals surface area (Å²) in [5.74, 6) is 0.656. The van der Waals surface area contributed by atoms with Gasteiger partial charge in [-0.1, -0.05) is 35.8 Å². The fourth-order valence-electron chi connectivity index (χ4n) is 3.77. The van der Waals surface area contributed by atoms with Gasteiger partial charge in [0.25, 0.3) is 0 Å². The number of ether oxygens (including phenoxy) is 1. The largest absolute Gasteiger partial charge is 0.507 e. The number of aliphatic hydroxyl groups is 2. The SMILES string of the molecule is COc1cc(C)c(O)c(CC=C(C)C[C@@H](O)C=C(C)CCC[C@H](C)[C@@H](O)C(=O)C=C(C)C)c1. The fraction of sp³-hybridized carbons (Fsp3) is 0.536. The Balaban J connectivity index is 2.55. The Labute approximate surface area is 199 Å². The molecule has 0 aliphatic rings. The molecule has 184 valence electrons. The number of phenolic OH excluding ortho intramolecular Hbond substituents is 1. The van der Waals surface area contributed by atoms with Gasteiger partial charge in [-0.3, -0.25) is 4.79 Å². The first-order chi connectivity index (χ1) is 15.4. The molecule has 33 heavy (non-hydrogen) atoms. The Morgan fingerprint density at radius 3 is 2.39 bits per heavy atom. The summed E-state index contributed by atoms with van der Waals surface area (Å²) in [6.07, 6.45) is 7.34. The number of aryl methyl sites for hydroxylation is 1. The highest BCUT2D eigenvalue weighted by molar-refractivity contribution is 5.93. The number of carbonyl (C=O) groups is 1. The fourth-order valence-corrected chi connectivity index (χ4v) is 3.77. The van der Waals surface area contributed by atoms with E-state index < -0.39 is 12.2 Å². The van der Waals surface area contributed by atoms with Crippen molar-refractivity contribution in [1.82, 2.24) is 0 Å². The highest BCUT2D eigenvalue weighted by Gasteiger charge is 2.20. The third kappa shape index (κ3) is 10.4. The predicted molar refractivity (Wildman–Crippen MR) is 135 cm³/mol. The number of phenols is 1. The molecule has 0 saturated heterocycles. The lowest BCUT2D eigenvalue weighted by Crippen LogP contribution is -2.26. The van der Waals surface area contributed by atoms with Crippen LogP contribution in [0.5, 0.6) is 11.5 Å². The number of aromatic hydroxyl groups is 1. The molecule has 1 rings (SSSR count). The van der Waals surface area contributed by atoms with Crippen molar-refractivity contribution < 1.29 is 24.9 Å². The van der Waals surface area contributed by atoms with E-state index in [1.807, 2.05) is 59.8 Å². The summed E-state index contributed by atoms with van der Waals surface area (Å²) in [5, 5.41) is 30.9. The van der Waals surface area contributed by atoms with Crippen LogP contribution in [0.3, 0.4) is 0 Å². The van der Waals surface area contributed by atoms with Gasteiger partial charge in [0.15, 0.2) is 5.78 Å². The Morgan fingerprint density at radius 1 is 1.12 bits per heavy atom. The molecule has 0 saturated carbocycles. The number of hydrogen-bond donors (Lipinski definition) is 3. The van der Waals surface area contributed by atoms with Gasteiger partial charge < -0.3 is 20.1 Å². The first-order valence-electron chi connectivity index (χ1n) is 11.7. The molecular formula is C28H42O5. The smallest absolute Gasteiger partial charge is 0.184 e. The molecule has 0 aliphatic heterocycles. The molecule has 0 fully saturated rings. The average molecular weight is 459 g/mol. The molecule has 0 spiro atoms. The molecule has 5 nitrogen and oxygen atoms in total. The van der Waals surface area contributed by atoms with Crippen molar-refractivity contribution in [1.29, 1.82) is 0 Å². The van der Waals surface area contributed by atoms with Crippen LogP contribution < -0.4 is 4.74 Å². The van der Waals surface area contributed by atoms with Crippen molar-refractivity contribution in [3.63, 3.8) is 0 Å². The number of carbonyl (C=O) groups excluding carboxylic acids is 1. The van der Waals surface area contributed by atoms with Crippen molar-refractivity contribution in [2.75, 3.05) is 7.11 Å². The molecule has 0 heterocycles. The van der Waals surface area contributed by atoms with E-state index in [-0.39, 0.29) is 17.5 Å². The van der Waals surface area contributed by atoms with Crippen LogP contribution in [-0.2, 0) is 11.2 Å². The number of ketones is 1. The topological polar surface area (TPSA) is 87.0 Å². The second kappa shape index (κ2) is 14.0. The highest BCUT2D eigenvalue weighted by Crippen LogP contribution is 2.28. The second-order valence-corrected chi connectivity index (χ2v) is 9.43. The minimum atomic E-state index is -0.963. The Kier molecular flexibility index (Phi) is 12.2. The maximum absolute atomic E-state index is 12.0. The average Bonchev–Trinajstić information content (AvgIpc) is 2.73. The third-order valence-electron chi connectivity index (χ3n) is 5.76. The maximum atomic E-state index is 12.0. The monoisotopic (exact) mass is 458 g/mol. The van der Waals surface area contributed by atoms with Crippen LogP contribution in [-0.4, -0.2) is 40.4 Å². The summed E-state index contributed by atoms with van der Waals surface area (Å²) >= 11 is 0. The Hall–Kier alpha value is -2.37. The van der Waals surface area contributed by atoms with Crippen LogP contribution in [0.1, 0.15) is 71.4 Å². The lowest BCUT2D eigenvalue weighted by atomic mass is 9.93. The Morgan fingerprint density at radius 2 is 1.79 bits per heavy atom. The molecular weight excluding hydrogens is 416 g/mol.